The van der Waals surface area contributed by atoms with E-state index >= 15 is 0 Å². The lowest BCUT2D eigenvalue weighted by atomic mass is 10.1. The van der Waals surface area contributed by atoms with Gasteiger partial charge in [-0.15, -0.1) is 0 Å². The van der Waals surface area contributed by atoms with Gasteiger partial charge in [-0.3, -0.25) is 4.79 Å². The summed E-state index contributed by atoms with van der Waals surface area (Å²) in [6.45, 7) is 1.92. The number of halogens is 1. The standard InChI is InChI=1S/C14H13ClN2O2/c1-10-8-17(9-16-10)12-5-3-11(4-6-14(15)18)7-13(12)19-2/h3-9H,1-2H3/b6-4+. The van der Waals surface area contributed by atoms with Gasteiger partial charge in [-0.2, -0.15) is 0 Å². The van der Waals surface area contributed by atoms with Gasteiger partial charge < -0.3 is 9.30 Å². The summed E-state index contributed by atoms with van der Waals surface area (Å²) in [6, 6.07) is 5.61. The number of methoxy groups -OCH3 is 1. The number of hydrogen-bond donors (Lipinski definition) is 0. The largest absolute Gasteiger partial charge is 0.495 e. The van der Waals surface area contributed by atoms with E-state index in [1.54, 1.807) is 19.5 Å². The first kappa shape index (κ1) is 13.4. The van der Waals surface area contributed by atoms with Crippen LogP contribution in [0.4, 0.5) is 0 Å². The predicted octanol–water partition coefficient (Wildman–Crippen LogP) is 2.97. The predicted molar refractivity (Wildman–Crippen MR) is 74.7 cm³/mol. The average Bonchev–Trinajstić information content (AvgIpc) is 2.82. The number of ether oxygens (including phenoxy) is 1. The van der Waals surface area contributed by atoms with Gasteiger partial charge in [-0.05, 0) is 42.3 Å². The van der Waals surface area contributed by atoms with Crippen molar-refractivity contribution in [3.05, 3.63) is 48.1 Å². The quantitative estimate of drug-likeness (QED) is 0.637. The van der Waals surface area contributed by atoms with E-state index in [9.17, 15) is 4.79 Å². The summed E-state index contributed by atoms with van der Waals surface area (Å²) in [5.41, 5.74) is 2.66. The minimum atomic E-state index is -0.506. The van der Waals surface area contributed by atoms with Gasteiger partial charge in [0.05, 0.1) is 24.8 Å². The minimum Gasteiger partial charge on any atom is -0.495 e. The summed E-state index contributed by atoms with van der Waals surface area (Å²) in [6.07, 6.45) is 6.58. The Hall–Kier alpha value is -2.07. The van der Waals surface area contributed by atoms with Crippen molar-refractivity contribution < 1.29 is 9.53 Å². The summed E-state index contributed by atoms with van der Waals surface area (Å²) in [5.74, 6) is 0.696. The number of aryl methyl sites for hydroxylation is 1. The molecule has 0 aliphatic heterocycles. The van der Waals surface area contributed by atoms with Gasteiger partial charge in [0.25, 0.3) is 0 Å². The van der Waals surface area contributed by atoms with Gasteiger partial charge >= 0.3 is 0 Å². The number of benzene rings is 1. The molecule has 5 heteroatoms. The van der Waals surface area contributed by atoms with Crippen molar-refractivity contribution in [2.24, 2.45) is 0 Å². The molecule has 0 bridgehead atoms. The number of carbonyl (C=O) groups excluding carboxylic acids is 1. The molecule has 1 aromatic heterocycles. The van der Waals surface area contributed by atoms with Crippen LogP contribution in [0, 0.1) is 6.92 Å². The van der Waals surface area contributed by atoms with Crippen LogP contribution >= 0.6 is 11.6 Å². The molecule has 19 heavy (non-hydrogen) atoms. The molecule has 0 amide bonds. The lowest BCUT2D eigenvalue weighted by Gasteiger charge is -2.09. The second-order valence-electron chi connectivity index (χ2n) is 3.99. The number of rotatable bonds is 4. The molecule has 0 atom stereocenters. The molecule has 4 nitrogen and oxygen atoms in total. The molecule has 0 spiro atoms. The molecule has 2 rings (SSSR count). The van der Waals surface area contributed by atoms with Crippen LogP contribution in [0.2, 0.25) is 0 Å². The molecule has 1 heterocycles. The SMILES string of the molecule is COc1cc(/C=C/C(=O)Cl)ccc1-n1cnc(C)c1. The molecule has 2 aromatic rings. The second-order valence-corrected chi connectivity index (χ2v) is 4.36. The van der Waals surface area contributed by atoms with Gasteiger partial charge in [0.1, 0.15) is 5.75 Å². The normalized spacial score (nSPS) is 10.9. The molecule has 98 valence electrons. The molecule has 0 radical (unpaired) electrons. The van der Waals surface area contributed by atoms with Gasteiger partial charge in [-0.25, -0.2) is 4.98 Å². The second kappa shape index (κ2) is 5.71. The van der Waals surface area contributed by atoms with Crippen LogP contribution in [0.25, 0.3) is 11.8 Å². The molecule has 1 aromatic carbocycles. The minimum absolute atomic E-state index is 0.506. The number of allylic oxidation sites excluding steroid dienone is 1. The van der Waals surface area contributed by atoms with Crippen LogP contribution < -0.4 is 4.74 Å². The number of carbonyl (C=O) groups is 1. The Morgan fingerprint density at radius 3 is 2.84 bits per heavy atom. The van der Waals surface area contributed by atoms with Crippen molar-refractivity contribution in [1.82, 2.24) is 9.55 Å². The summed E-state index contributed by atoms with van der Waals surface area (Å²) in [7, 11) is 1.60. The van der Waals surface area contributed by atoms with Gasteiger partial charge in [0.15, 0.2) is 0 Å². The van der Waals surface area contributed by atoms with E-state index in [0.29, 0.717) is 5.75 Å². The van der Waals surface area contributed by atoms with Crippen molar-refractivity contribution in [2.45, 2.75) is 6.92 Å². The molecule has 0 aliphatic rings. The van der Waals surface area contributed by atoms with Crippen LogP contribution in [0.3, 0.4) is 0 Å². The number of hydrogen-bond acceptors (Lipinski definition) is 3. The van der Waals surface area contributed by atoms with Crippen LogP contribution in [0.1, 0.15) is 11.3 Å². The lowest BCUT2D eigenvalue weighted by molar-refractivity contribution is -0.107. The summed E-state index contributed by atoms with van der Waals surface area (Å²) in [5, 5.41) is -0.506. The molecule has 0 saturated heterocycles. The Balaban J connectivity index is 2.39. The van der Waals surface area contributed by atoms with E-state index in [1.165, 1.54) is 6.08 Å². The third-order valence-corrected chi connectivity index (χ3v) is 2.73. The first-order valence-electron chi connectivity index (χ1n) is 5.66. The fourth-order valence-electron chi connectivity index (χ4n) is 1.73. The number of nitrogens with zero attached hydrogens (tertiary/aromatic N) is 2. The molecule has 0 fully saturated rings. The van der Waals surface area contributed by atoms with Crippen molar-refractivity contribution in [3.8, 4) is 11.4 Å². The van der Waals surface area contributed by atoms with E-state index < -0.39 is 5.24 Å². The molecule has 0 N–H and O–H groups in total. The maximum atomic E-state index is 10.7. The van der Waals surface area contributed by atoms with E-state index in [1.807, 2.05) is 35.9 Å². The molecule has 0 aliphatic carbocycles. The molecular weight excluding hydrogens is 264 g/mol. The maximum Gasteiger partial charge on any atom is 0.245 e. The van der Waals surface area contributed by atoms with Gasteiger partial charge in [0.2, 0.25) is 5.24 Å². The zero-order valence-corrected chi connectivity index (χ0v) is 11.4. The van der Waals surface area contributed by atoms with Crippen molar-refractivity contribution in [1.29, 1.82) is 0 Å². The highest BCUT2D eigenvalue weighted by molar-refractivity contribution is 6.66. The van der Waals surface area contributed by atoms with Crippen molar-refractivity contribution in [3.63, 3.8) is 0 Å². The smallest absolute Gasteiger partial charge is 0.245 e. The fraction of sp³-hybridized carbons (Fsp3) is 0.143. The Kier molecular flexibility index (Phi) is 4.02. The van der Waals surface area contributed by atoms with Crippen LogP contribution in [0.15, 0.2) is 36.8 Å². The number of aromatic nitrogens is 2. The van der Waals surface area contributed by atoms with E-state index in [4.69, 9.17) is 16.3 Å². The highest BCUT2D eigenvalue weighted by Gasteiger charge is 2.06. The molecule has 0 saturated carbocycles. The highest BCUT2D eigenvalue weighted by Crippen LogP contribution is 2.25. The first-order chi connectivity index (χ1) is 9.10. The van der Waals surface area contributed by atoms with Crippen molar-refractivity contribution >= 4 is 22.9 Å². The van der Waals surface area contributed by atoms with Crippen LogP contribution in [-0.2, 0) is 4.79 Å². The summed E-state index contributed by atoms with van der Waals surface area (Å²) in [4.78, 5) is 14.9. The molecule has 0 unspecified atom stereocenters. The third kappa shape index (κ3) is 3.23. The Morgan fingerprint density at radius 2 is 2.26 bits per heavy atom. The van der Waals surface area contributed by atoms with Gasteiger partial charge in [-0.1, -0.05) is 12.1 Å². The Morgan fingerprint density at radius 1 is 1.47 bits per heavy atom. The summed E-state index contributed by atoms with van der Waals surface area (Å²) >= 11 is 5.26. The van der Waals surface area contributed by atoms with Gasteiger partial charge in [0, 0.05) is 6.20 Å². The maximum absolute atomic E-state index is 10.7. The van der Waals surface area contributed by atoms with Crippen LogP contribution in [0.5, 0.6) is 5.75 Å². The highest BCUT2D eigenvalue weighted by atomic mass is 35.5. The van der Waals surface area contributed by atoms with Crippen LogP contribution in [-0.4, -0.2) is 21.9 Å². The zero-order valence-electron chi connectivity index (χ0n) is 10.6. The van der Waals surface area contributed by atoms with Crippen molar-refractivity contribution in [2.75, 3.05) is 7.11 Å². The lowest BCUT2D eigenvalue weighted by Crippen LogP contribution is -1.96. The van der Waals surface area contributed by atoms with E-state index in [-0.39, 0.29) is 0 Å². The fourth-order valence-corrected chi connectivity index (χ4v) is 1.79. The number of imidazole rings is 1. The van der Waals surface area contributed by atoms with E-state index in [2.05, 4.69) is 4.98 Å². The monoisotopic (exact) mass is 276 g/mol. The van der Waals surface area contributed by atoms with E-state index in [0.717, 1.165) is 16.9 Å². The topological polar surface area (TPSA) is 44.1 Å². The Labute approximate surface area is 116 Å². The third-order valence-electron chi connectivity index (χ3n) is 2.60. The molecular formula is C14H13ClN2O2. The zero-order chi connectivity index (χ0) is 13.8. The average molecular weight is 277 g/mol. The Bertz CT molecular complexity index is 632. The first-order valence-corrected chi connectivity index (χ1v) is 6.04. The summed E-state index contributed by atoms with van der Waals surface area (Å²) < 4.78 is 7.24.